The summed E-state index contributed by atoms with van der Waals surface area (Å²) in [7, 11) is 0. The second-order valence-corrected chi connectivity index (χ2v) is 5.22. The highest BCUT2D eigenvalue weighted by atomic mass is 35.5. The summed E-state index contributed by atoms with van der Waals surface area (Å²) in [5, 5.41) is 15.5. The number of fused-ring (bicyclic) bond motifs is 1. The molecule has 1 fully saturated rings. The summed E-state index contributed by atoms with van der Waals surface area (Å²) in [6.45, 7) is 1.48. The van der Waals surface area contributed by atoms with Gasteiger partial charge in [0.2, 0.25) is 0 Å². The Balaban J connectivity index is 0.00000144. The number of halogens is 2. The van der Waals surface area contributed by atoms with Crippen LogP contribution in [0, 0.1) is 5.92 Å². The first-order valence-electron chi connectivity index (χ1n) is 6.84. The summed E-state index contributed by atoms with van der Waals surface area (Å²) in [5.41, 5.74) is -0.910. The van der Waals surface area contributed by atoms with E-state index in [0.29, 0.717) is 19.6 Å². The van der Waals surface area contributed by atoms with Gasteiger partial charge in [-0.2, -0.15) is 0 Å². The van der Waals surface area contributed by atoms with Crippen LogP contribution in [0.1, 0.15) is 10.4 Å². The Morgan fingerprint density at radius 3 is 2.71 bits per heavy atom. The largest absolute Gasteiger partial charge is 0.391 e. The number of pyridine rings is 1. The number of nitrogens with one attached hydrogen (secondary N) is 4. The summed E-state index contributed by atoms with van der Waals surface area (Å²) < 4.78 is 0. The number of hydrogen-bond acceptors (Lipinski definition) is 6. The first-order valence-corrected chi connectivity index (χ1v) is 6.84. The number of amides is 1. The molecule has 1 aliphatic rings. The van der Waals surface area contributed by atoms with Crippen LogP contribution in [-0.2, 0) is 0 Å². The molecule has 2 atom stereocenters. The summed E-state index contributed by atoms with van der Waals surface area (Å²) in [6.07, 6.45) is 0.805. The molecule has 0 saturated carbocycles. The van der Waals surface area contributed by atoms with Crippen molar-refractivity contribution < 1.29 is 9.90 Å². The molecular formula is C13H17Cl2N5O4. The number of rotatable bonds is 3. The molecule has 3 heterocycles. The lowest BCUT2D eigenvalue weighted by atomic mass is 10.1. The standard InChI is InChI=1S/C13H15N5O4.2ClH/c19-9-5-14-2-7(9)4-16-11(20)6-1-8-10(15-3-6)17-13(22)18-12(8)21;;/h1,3,7,9,14,19H,2,4-5H2,(H,16,20)(H2,15,17,18,21,22);2*1H. The summed E-state index contributed by atoms with van der Waals surface area (Å²) in [6, 6.07) is 1.37. The minimum Gasteiger partial charge on any atom is -0.391 e. The zero-order chi connectivity index (χ0) is 15.7. The smallest absolute Gasteiger partial charge is 0.327 e. The Hall–Kier alpha value is -1.94. The summed E-state index contributed by atoms with van der Waals surface area (Å²) in [4.78, 5) is 43.3. The van der Waals surface area contributed by atoms with Gasteiger partial charge in [0.05, 0.1) is 17.1 Å². The Morgan fingerprint density at radius 1 is 1.29 bits per heavy atom. The quantitative estimate of drug-likeness (QED) is 0.453. The molecule has 132 valence electrons. The number of carbonyl (C=O) groups is 1. The number of nitrogens with zero attached hydrogens (tertiary/aromatic N) is 1. The minimum atomic E-state index is -0.648. The topological polar surface area (TPSA) is 140 Å². The monoisotopic (exact) mass is 377 g/mol. The van der Waals surface area contributed by atoms with Crippen molar-refractivity contribution >= 4 is 41.8 Å². The number of hydrogen-bond donors (Lipinski definition) is 5. The predicted octanol–water partition coefficient (Wildman–Crippen LogP) is -1.23. The Morgan fingerprint density at radius 2 is 2.04 bits per heavy atom. The lowest BCUT2D eigenvalue weighted by Gasteiger charge is -2.14. The van der Waals surface area contributed by atoms with Crippen LogP contribution in [0.3, 0.4) is 0 Å². The highest BCUT2D eigenvalue weighted by Gasteiger charge is 2.25. The number of aromatic amines is 2. The van der Waals surface area contributed by atoms with E-state index in [-0.39, 0.29) is 53.2 Å². The van der Waals surface area contributed by atoms with Gasteiger partial charge in [0.1, 0.15) is 5.65 Å². The lowest BCUT2D eigenvalue weighted by molar-refractivity contribution is 0.0927. The van der Waals surface area contributed by atoms with Crippen LogP contribution in [0.25, 0.3) is 11.0 Å². The van der Waals surface area contributed by atoms with E-state index in [9.17, 15) is 19.5 Å². The molecule has 0 aliphatic carbocycles. The number of aliphatic hydroxyl groups is 1. The Kier molecular flexibility index (Phi) is 6.91. The molecule has 2 aromatic heterocycles. The van der Waals surface area contributed by atoms with Crippen LogP contribution in [-0.4, -0.2) is 51.7 Å². The molecule has 0 spiro atoms. The number of carbonyl (C=O) groups excluding carboxylic acids is 1. The molecular weight excluding hydrogens is 361 g/mol. The lowest BCUT2D eigenvalue weighted by Crippen LogP contribution is -2.34. The van der Waals surface area contributed by atoms with Gasteiger partial charge in [-0.25, -0.2) is 9.78 Å². The molecule has 9 nitrogen and oxygen atoms in total. The summed E-state index contributed by atoms with van der Waals surface area (Å²) in [5.74, 6) is -0.434. The highest BCUT2D eigenvalue weighted by Crippen LogP contribution is 2.09. The van der Waals surface area contributed by atoms with Crippen molar-refractivity contribution in [2.45, 2.75) is 6.10 Å². The van der Waals surface area contributed by atoms with E-state index in [1.165, 1.54) is 12.3 Å². The maximum absolute atomic E-state index is 12.1. The average Bonchev–Trinajstić information content (AvgIpc) is 2.89. The number of β-amino-alcohol motifs (C(OH)–C–C–N with tert-alkyl or cyclic N) is 1. The molecule has 2 unspecified atom stereocenters. The Bertz CT molecular complexity index is 837. The third kappa shape index (κ3) is 4.12. The molecule has 1 amide bonds. The van der Waals surface area contributed by atoms with Crippen molar-refractivity contribution in [3.63, 3.8) is 0 Å². The van der Waals surface area contributed by atoms with Crippen LogP contribution in [0.5, 0.6) is 0 Å². The fraction of sp³-hybridized carbons (Fsp3) is 0.385. The maximum Gasteiger partial charge on any atom is 0.327 e. The molecule has 0 aromatic carbocycles. The van der Waals surface area contributed by atoms with Crippen LogP contribution in [0.4, 0.5) is 0 Å². The zero-order valence-corrected chi connectivity index (χ0v) is 14.0. The van der Waals surface area contributed by atoms with Crippen molar-refractivity contribution in [3.05, 3.63) is 38.7 Å². The van der Waals surface area contributed by atoms with Gasteiger partial charge in [0.25, 0.3) is 11.5 Å². The minimum absolute atomic E-state index is 0. The number of H-pyrrole nitrogens is 2. The SMILES string of the molecule is Cl.Cl.O=C(NCC1CNCC1O)c1cnc2[nH]c(=O)[nH]c(=O)c2c1. The van der Waals surface area contributed by atoms with E-state index in [1.807, 2.05) is 0 Å². The van der Waals surface area contributed by atoms with Crippen LogP contribution >= 0.6 is 24.8 Å². The molecule has 5 N–H and O–H groups in total. The first-order chi connectivity index (χ1) is 10.5. The third-order valence-corrected chi connectivity index (χ3v) is 3.68. The van der Waals surface area contributed by atoms with Crippen molar-refractivity contribution in [2.24, 2.45) is 5.92 Å². The molecule has 24 heavy (non-hydrogen) atoms. The van der Waals surface area contributed by atoms with Crippen LogP contribution < -0.4 is 21.9 Å². The molecule has 0 bridgehead atoms. The third-order valence-electron chi connectivity index (χ3n) is 3.68. The fourth-order valence-electron chi connectivity index (χ4n) is 2.42. The second kappa shape index (κ2) is 8.25. The zero-order valence-electron chi connectivity index (χ0n) is 12.4. The highest BCUT2D eigenvalue weighted by molar-refractivity contribution is 5.96. The first kappa shape index (κ1) is 20.1. The van der Waals surface area contributed by atoms with E-state index in [0.717, 1.165) is 0 Å². The maximum atomic E-state index is 12.1. The molecule has 0 radical (unpaired) electrons. The normalized spacial score (nSPS) is 19.4. The molecule has 2 aromatic rings. The molecule has 3 rings (SSSR count). The molecule has 1 aliphatic heterocycles. The second-order valence-electron chi connectivity index (χ2n) is 5.22. The van der Waals surface area contributed by atoms with E-state index < -0.39 is 17.4 Å². The van der Waals surface area contributed by atoms with Gasteiger partial charge in [-0.15, -0.1) is 24.8 Å². The van der Waals surface area contributed by atoms with Gasteiger partial charge in [-0.3, -0.25) is 19.6 Å². The summed E-state index contributed by atoms with van der Waals surface area (Å²) >= 11 is 0. The van der Waals surface area contributed by atoms with Crippen molar-refractivity contribution in [2.75, 3.05) is 19.6 Å². The van der Waals surface area contributed by atoms with Gasteiger partial charge in [0.15, 0.2) is 0 Å². The number of aliphatic hydroxyl groups excluding tert-OH is 1. The average molecular weight is 378 g/mol. The predicted molar refractivity (Wildman–Crippen MR) is 92.2 cm³/mol. The van der Waals surface area contributed by atoms with Crippen molar-refractivity contribution in [1.29, 1.82) is 0 Å². The van der Waals surface area contributed by atoms with Gasteiger partial charge in [0, 0.05) is 31.7 Å². The number of aromatic nitrogens is 3. The van der Waals surface area contributed by atoms with E-state index in [2.05, 4.69) is 25.6 Å². The van der Waals surface area contributed by atoms with Gasteiger partial charge < -0.3 is 15.7 Å². The van der Waals surface area contributed by atoms with E-state index in [4.69, 9.17) is 0 Å². The van der Waals surface area contributed by atoms with Gasteiger partial charge >= 0.3 is 5.69 Å². The molecule has 1 saturated heterocycles. The van der Waals surface area contributed by atoms with Gasteiger partial charge in [-0.05, 0) is 6.07 Å². The molecule has 11 heteroatoms. The van der Waals surface area contributed by atoms with E-state index in [1.54, 1.807) is 0 Å². The van der Waals surface area contributed by atoms with Crippen LogP contribution in [0.2, 0.25) is 0 Å². The van der Waals surface area contributed by atoms with Crippen molar-refractivity contribution in [3.8, 4) is 0 Å². The fourth-order valence-corrected chi connectivity index (χ4v) is 2.42. The van der Waals surface area contributed by atoms with Gasteiger partial charge in [-0.1, -0.05) is 0 Å². The van der Waals surface area contributed by atoms with Crippen LogP contribution in [0.15, 0.2) is 21.9 Å². The van der Waals surface area contributed by atoms with Crippen molar-refractivity contribution in [1.82, 2.24) is 25.6 Å². The van der Waals surface area contributed by atoms with E-state index >= 15 is 0 Å². The Labute approximate surface area is 148 Å².